The summed E-state index contributed by atoms with van der Waals surface area (Å²) in [6.07, 6.45) is 0. The zero-order valence-electron chi connectivity index (χ0n) is 31.5. The van der Waals surface area contributed by atoms with Crippen molar-refractivity contribution in [2.24, 2.45) is 0 Å². The molecule has 2 unspecified atom stereocenters. The lowest BCUT2D eigenvalue weighted by Gasteiger charge is -2.36. The topological polar surface area (TPSA) is 70.7 Å². The van der Waals surface area contributed by atoms with Gasteiger partial charge >= 0.3 is 11.7 Å². The van der Waals surface area contributed by atoms with Crippen LogP contribution in [0, 0.1) is 20.8 Å². The summed E-state index contributed by atoms with van der Waals surface area (Å²) >= 11 is 13.8. The molecule has 1 saturated heterocycles. The minimum Gasteiger partial charge on any atom is -0.365 e. The molecule has 1 aliphatic rings. The van der Waals surface area contributed by atoms with Crippen molar-refractivity contribution in [2.45, 2.75) is 39.5 Å². The molecule has 0 aliphatic carbocycles. The van der Waals surface area contributed by atoms with Crippen molar-refractivity contribution < 1.29 is 9.90 Å². The van der Waals surface area contributed by atoms with Crippen molar-refractivity contribution in [2.75, 3.05) is 9.80 Å². The molecular weight excluding hydrogens is 976 g/mol. The lowest BCUT2D eigenvalue weighted by atomic mass is 9.93. The number of urea groups is 1. The maximum atomic E-state index is 13.6. The molecule has 1 aliphatic heterocycles. The zero-order valence-corrected chi connectivity index (χ0v) is 37.8. The lowest BCUT2D eigenvalue weighted by molar-refractivity contribution is 0.0371. The summed E-state index contributed by atoms with van der Waals surface area (Å²) in [7, 11) is 0. The number of rotatable bonds is 6. The van der Waals surface area contributed by atoms with Crippen molar-refractivity contribution in [3.05, 3.63) is 196 Å². The van der Waals surface area contributed by atoms with Crippen LogP contribution >= 0.6 is 63.7 Å². The molecule has 2 heterocycles. The third kappa shape index (κ3) is 8.00. The quantitative estimate of drug-likeness (QED) is 0.180. The number of hydrogen-bond donors (Lipinski definition) is 1. The number of aryl methyl sites for hydroxylation is 2. The summed E-state index contributed by atoms with van der Waals surface area (Å²) in [5.41, 5.74) is 7.12. The average molecular weight is 1010 g/mol. The number of imidazole rings is 1. The highest BCUT2D eigenvalue weighted by atomic mass is 79.9. The van der Waals surface area contributed by atoms with Gasteiger partial charge in [-0.1, -0.05) is 117 Å². The maximum absolute atomic E-state index is 13.6. The van der Waals surface area contributed by atoms with E-state index < -0.39 is 11.8 Å². The lowest BCUT2D eigenvalue weighted by Crippen LogP contribution is -2.48. The summed E-state index contributed by atoms with van der Waals surface area (Å²) in [6.45, 7) is 7.91. The SMILES string of the molecule is Cc1cccc(-c2c(C)n(-c3ccc(Br)cc3)c(=O)n2-c2ccc(Br)cc2)c1.Cc1cccc(C2(O)C(C)N(c3ccc(Br)cc3)C(=O)N2c2ccc(Br)cc2)c1. The molecule has 7 nitrogen and oxygen atoms in total. The highest BCUT2D eigenvalue weighted by molar-refractivity contribution is 9.11. The number of carbonyl (C=O) groups is 1. The Labute approximate surface area is 365 Å². The van der Waals surface area contributed by atoms with Crippen molar-refractivity contribution in [1.29, 1.82) is 0 Å². The van der Waals surface area contributed by atoms with E-state index in [1.54, 1.807) is 14.0 Å². The minimum absolute atomic E-state index is 0.0846. The second-order valence-corrected chi connectivity index (χ2v) is 17.6. The van der Waals surface area contributed by atoms with Gasteiger partial charge in [-0.3, -0.25) is 18.9 Å². The van der Waals surface area contributed by atoms with Gasteiger partial charge < -0.3 is 5.11 Å². The Morgan fingerprint density at radius 3 is 1.47 bits per heavy atom. The molecule has 1 fully saturated rings. The highest BCUT2D eigenvalue weighted by Crippen LogP contribution is 2.45. The first kappa shape index (κ1) is 40.7. The summed E-state index contributed by atoms with van der Waals surface area (Å²) in [5, 5.41) is 12.0. The zero-order chi connectivity index (χ0) is 40.6. The van der Waals surface area contributed by atoms with Crippen LogP contribution in [0.2, 0.25) is 0 Å². The second kappa shape index (κ2) is 16.8. The van der Waals surface area contributed by atoms with Crippen LogP contribution in [-0.4, -0.2) is 26.3 Å². The molecule has 8 rings (SSSR count). The fourth-order valence-electron chi connectivity index (χ4n) is 7.32. The molecular formula is C46H38Br4N4O3. The molecule has 6 aromatic carbocycles. The first-order valence-corrected chi connectivity index (χ1v) is 21.3. The number of carbonyl (C=O) groups excluding carboxylic acids is 1. The van der Waals surface area contributed by atoms with Crippen LogP contribution in [0.15, 0.2) is 168 Å². The van der Waals surface area contributed by atoms with Gasteiger partial charge in [-0.25, -0.2) is 9.59 Å². The number of aliphatic hydroxyl groups is 1. The van der Waals surface area contributed by atoms with Gasteiger partial charge in [-0.2, -0.15) is 0 Å². The fourth-order valence-corrected chi connectivity index (χ4v) is 8.38. The number of nitrogens with zero attached hydrogens (tertiary/aromatic N) is 4. The van der Waals surface area contributed by atoms with E-state index in [9.17, 15) is 14.7 Å². The predicted octanol–water partition coefficient (Wildman–Crippen LogP) is 12.6. The molecule has 0 radical (unpaired) electrons. The summed E-state index contributed by atoms with van der Waals surface area (Å²) in [4.78, 5) is 30.3. The molecule has 288 valence electrons. The van der Waals surface area contributed by atoms with Crippen molar-refractivity contribution in [1.82, 2.24) is 9.13 Å². The van der Waals surface area contributed by atoms with Crippen LogP contribution in [0.3, 0.4) is 0 Å². The normalized spacial score (nSPS) is 16.4. The van der Waals surface area contributed by atoms with E-state index in [2.05, 4.69) is 88.8 Å². The molecule has 1 N–H and O–H groups in total. The van der Waals surface area contributed by atoms with Crippen molar-refractivity contribution >= 4 is 81.1 Å². The van der Waals surface area contributed by atoms with Crippen LogP contribution in [0.4, 0.5) is 16.2 Å². The third-order valence-electron chi connectivity index (χ3n) is 10.1. The molecule has 2 atom stereocenters. The summed E-state index contributed by atoms with van der Waals surface area (Å²) in [6, 6.07) is 45.7. The first-order valence-electron chi connectivity index (χ1n) is 18.1. The smallest absolute Gasteiger partial charge is 0.338 e. The van der Waals surface area contributed by atoms with Crippen LogP contribution in [-0.2, 0) is 5.72 Å². The number of benzene rings is 6. The second-order valence-electron chi connectivity index (χ2n) is 13.9. The van der Waals surface area contributed by atoms with Gasteiger partial charge in [0.2, 0.25) is 0 Å². The number of halogens is 4. The van der Waals surface area contributed by atoms with E-state index in [1.165, 1.54) is 4.90 Å². The largest absolute Gasteiger partial charge is 0.365 e. The number of aromatic nitrogens is 2. The fraction of sp³-hybridized carbons (Fsp3) is 0.130. The van der Waals surface area contributed by atoms with Gasteiger partial charge in [0.25, 0.3) is 0 Å². The molecule has 11 heteroatoms. The van der Waals surface area contributed by atoms with E-state index in [4.69, 9.17) is 0 Å². The number of hydrogen-bond acceptors (Lipinski definition) is 3. The number of amides is 2. The van der Waals surface area contributed by atoms with Crippen LogP contribution < -0.4 is 15.5 Å². The average Bonchev–Trinajstić information content (AvgIpc) is 3.57. The van der Waals surface area contributed by atoms with E-state index in [0.29, 0.717) is 11.3 Å². The van der Waals surface area contributed by atoms with Crippen molar-refractivity contribution in [3.8, 4) is 22.6 Å². The monoisotopic (exact) mass is 1010 g/mol. The van der Waals surface area contributed by atoms with Gasteiger partial charge in [0.1, 0.15) is 0 Å². The van der Waals surface area contributed by atoms with Crippen LogP contribution in [0.1, 0.15) is 29.3 Å². The Morgan fingerprint density at radius 2 is 0.982 bits per heavy atom. The standard InChI is InChI=1S/C23H20Br2N2O2.C23H18Br2N2O/c1-15-4-3-5-17(14-15)23(29)16(2)26(20-10-6-18(24)7-11-20)22(28)27(23)21-12-8-19(25)9-13-21;1-15-4-3-5-17(14-15)22-16(2)26(20-10-6-18(24)7-11-20)23(28)27(22)21-12-8-19(25)9-13-21/h3-14,16,29H,1-2H3;3-14H,1-2H3. The molecule has 1 aromatic heterocycles. The summed E-state index contributed by atoms with van der Waals surface area (Å²) in [5.74, 6) is 0. The molecule has 57 heavy (non-hydrogen) atoms. The first-order chi connectivity index (χ1) is 27.3. The van der Waals surface area contributed by atoms with Gasteiger partial charge in [0, 0.05) is 46.1 Å². The molecule has 7 aromatic rings. The van der Waals surface area contributed by atoms with Gasteiger partial charge in [-0.15, -0.1) is 0 Å². The predicted molar refractivity (Wildman–Crippen MR) is 245 cm³/mol. The minimum atomic E-state index is -1.52. The van der Waals surface area contributed by atoms with Crippen molar-refractivity contribution in [3.63, 3.8) is 0 Å². The Kier molecular flexibility index (Phi) is 12.0. The van der Waals surface area contributed by atoms with Gasteiger partial charge in [0.05, 0.1) is 23.1 Å². The highest BCUT2D eigenvalue weighted by Gasteiger charge is 2.56. The molecule has 0 saturated carbocycles. The van der Waals surface area contributed by atoms with E-state index in [-0.39, 0.29) is 11.7 Å². The Hall–Kier alpha value is -4.52. The van der Waals surface area contributed by atoms with E-state index >= 15 is 0 Å². The van der Waals surface area contributed by atoms with E-state index in [1.807, 2.05) is 148 Å². The van der Waals surface area contributed by atoms with Crippen LogP contribution in [0.5, 0.6) is 0 Å². The van der Waals surface area contributed by atoms with E-state index in [0.717, 1.165) is 63.0 Å². The third-order valence-corrected chi connectivity index (χ3v) is 12.2. The van der Waals surface area contributed by atoms with Crippen LogP contribution in [0.25, 0.3) is 22.6 Å². The molecule has 0 bridgehead atoms. The Morgan fingerprint density at radius 1 is 0.544 bits per heavy atom. The number of anilines is 2. The maximum Gasteiger partial charge on any atom is 0.338 e. The van der Waals surface area contributed by atoms with Gasteiger partial charge in [-0.05, 0) is 131 Å². The van der Waals surface area contributed by atoms with Gasteiger partial charge in [0.15, 0.2) is 5.72 Å². The Bertz CT molecular complexity index is 2620. The molecule has 0 spiro atoms. The summed E-state index contributed by atoms with van der Waals surface area (Å²) < 4.78 is 7.35. The Balaban J connectivity index is 0.000000174. The molecule has 2 amide bonds.